The topological polar surface area (TPSA) is 75.2 Å². The molecular weight excluding hydrogens is 323 g/mol. The maximum Gasteiger partial charge on any atom is 0.259 e. The Bertz CT molecular complexity index is 807. The highest BCUT2D eigenvalue weighted by Crippen LogP contribution is 2.30. The zero-order valence-corrected chi connectivity index (χ0v) is 14.1. The van der Waals surface area contributed by atoms with Crippen LogP contribution in [0.25, 0.3) is 0 Å². The molecule has 1 atom stereocenters. The van der Waals surface area contributed by atoms with Crippen LogP contribution in [0.1, 0.15) is 47.7 Å². The Balaban J connectivity index is 1.78. The molecule has 1 aromatic heterocycles. The van der Waals surface area contributed by atoms with Crippen molar-refractivity contribution < 1.29 is 14.0 Å². The van der Waals surface area contributed by atoms with Gasteiger partial charge in [0.2, 0.25) is 5.91 Å². The average molecular weight is 342 g/mol. The number of nitrogens with zero attached hydrogens (tertiary/aromatic N) is 3. The van der Waals surface area contributed by atoms with Gasteiger partial charge < -0.3 is 10.2 Å². The first-order chi connectivity index (χ1) is 12.0. The van der Waals surface area contributed by atoms with Crippen molar-refractivity contribution in [1.82, 2.24) is 14.9 Å². The Morgan fingerprint density at radius 3 is 2.64 bits per heavy atom. The van der Waals surface area contributed by atoms with Gasteiger partial charge in [0, 0.05) is 25.4 Å². The summed E-state index contributed by atoms with van der Waals surface area (Å²) >= 11 is 0. The number of rotatable bonds is 3. The van der Waals surface area contributed by atoms with Crippen LogP contribution in [0.2, 0.25) is 0 Å². The Labute approximate surface area is 145 Å². The Morgan fingerprint density at radius 2 is 2.00 bits per heavy atom. The van der Waals surface area contributed by atoms with Crippen LogP contribution in [0.5, 0.6) is 0 Å². The summed E-state index contributed by atoms with van der Waals surface area (Å²) in [6.45, 7) is 3.97. The van der Waals surface area contributed by atoms with Gasteiger partial charge in [-0.15, -0.1) is 0 Å². The van der Waals surface area contributed by atoms with Crippen LogP contribution in [0.3, 0.4) is 0 Å². The first-order valence-electron chi connectivity index (χ1n) is 8.13. The van der Waals surface area contributed by atoms with Gasteiger partial charge in [-0.25, -0.2) is 14.4 Å². The molecule has 1 saturated heterocycles. The van der Waals surface area contributed by atoms with Crippen LogP contribution in [0, 0.1) is 12.7 Å². The molecule has 2 amide bonds. The standard InChI is InChI=1S/C18H19FN4O2/c1-11-15(18(25)22-14-7-5-13(19)6-8-14)10-20-17(21-11)16-4-3-9-23(16)12(2)24/h5-8,10,16H,3-4,9H2,1-2H3,(H,22,25)/t16-/m0/s1. The van der Waals surface area contributed by atoms with Crippen molar-refractivity contribution in [2.24, 2.45) is 0 Å². The van der Waals surface area contributed by atoms with E-state index in [1.807, 2.05) is 0 Å². The van der Waals surface area contributed by atoms with E-state index in [-0.39, 0.29) is 23.7 Å². The first-order valence-corrected chi connectivity index (χ1v) is 8.13. The highest BCUT2D eigenvalue weighted by Gasteiger charge is 2.30. The van der Waals surface area contributed by atoms with Crippen molar-refractivity contribution in [3.05, 3.63) is 53.4 Å². The van der Waals surface area contributed by atoms with Gasteiger partial charge in [-0.3, -0.25) is 9.59 Å². The van der Waals surface area contributed by atoms with Gasteiger partial charge in [0.1, 0.15) is 5.82 Å². The van der Waals surface area contributed by atoms with E-state index in [0.717, 1.165) is 12.8 Å². The molecule has 0 saturated carbocycles. The highest BCUT2D eigenvalue weighted by molar-refractivity contribution is 6.04. The van der Waals surface area contributed by atoms with E-state index in [2.05, 4.69) is 15.3 Å². The lowest BCUT2D eigenvalue weighted by Gasteiger charge is -2.22. The Hall–Kier alpha value is -2.83. The summed E-state index contributed by atoms with van der Waals surface area (Å²) in [5.74, 6) is -0.163. The van der Waals surface area contributed by atoms with Gasteiger partial charge in [0.05, 0.1) is 17.3 Å². The van der Waals surface area contributed by atoms with Crippen molar-refractivity contribution in [2.45, 2.75) is 32.7 Å². The summed E-state index contributed by atoms with van der Waals surface area (Å²) in [6, 6.07) is 5.39. The molecule has 2 aromatic rings. The predicted molar refractivity (Wildman–Crippen MR) is 90.5 cm³/mol. The van der Waals surface area contributed by atoms with Gasteiger partial charge >= 0.3 is 0 Å². The van der Waals surface area contributed by atoms with Gasteiger partial charge in [0.25, 0.3) is 5.91 Å². The maximum atomic E-state index is 12.9. The van der Waals surface area contributed by atoms with Crippen LogP contribution in [-0.4, -0.2) is 33.2 Å². The number of carbonyl (C=O) groups is 2. The number of amides is 2. The normalized spacial score (nSPS) is 16.8. The lowest BCUT2D eigenvalue weighted by atomic mass is 10.1. The molecule has 0 aliphatic carbocycles. The van der Waals surface area contributed by atoms with Crippen molar-refractivity contribution in [1.29, 1.82) is 0 Å². The van der Waals surface area contributed by atoms with E-state index in [4.69, 9.17) is 0 Å². The number of hydrogen-bond acceptors (Lipinski definition) is 4. The summed E-state index contributed by atoms with van der Waals surface area (Å²) in [6.07, 6.45) is 3.22. The molecule has 1 aromatic carbocycles. The molecule has 25 heavy (non-hydrogen) atoms. The van der Waals surface area contributed by atoms with Crippen LogP contribution in [0.4, 0.5) is 10.1 Å². The monoisotopic (exact) mass is 342 g/mol. The fourth-order valence-electron chi connectivity index (χ4n) is 3.01. The Kier molecular flexibility index (Phi) is 4.74. The molecule has 6 nitrogen and oxygen atoms in total. The lowest BCUT2D eigenvalue weighted by Crippen LogP contribution is -2.29. The zero-order valence-electron chi connectivity index (χ0n) is 14.1. The highest BCUT2D eigenvalue weighted by atomic mass is 19.1. The third-order valence-corrected chi connectivity index (χ3v) is 4.30. The summed E-state index contributed by atoms with van der Waals surface area (Å²) in [5.41, 5.74) is 1.38. The average Bonchev–Trinajstić information content (AvgIpc) is 3.06. The second-order valence-electron chi connectivity index (χ2n) is 6.06. The third-order valence-electron chi connectivity index (χ3n) is 4.30. The molecule has 1 fully saturated rings. The maximum absolute atomic E-state index is 12.9. The van der Waals surface area contributed by atoms with Gasteiger partial charge in [-0.2, -0.15) is 0 Å². The van der Waals surface area contributed by atoms with Gasteiger partial charge in [0.15, 0.2) is 5.82 Å². The lowest BCUT2D eigenvalue weighted by molar-refractivity contribution is -0.129. The molecule has 3 rings (SSSR count). The first kappa shape index (κ1) is 17.0. The number of halogens is 1. The number of likely N-dealkylation sites (tertiary alicyclic amines) is 1. The van der Waals surface area contributed by atoms with E-state index in [1.165, 1.54) is 37.4 Å². The molecule has 0 spiro atoms. The van der Waals surface area contributed by atoms with E-state index < -0.39 is 0 Å². The molecule has 130 valence electrons. The molecule has 0 bridgehead atoms. The smallest absolute Gasteiger partial charge is 0.259 e. The fourth-order valence-corrected chi connectivity index (χ4v) is 3.01. The molecule has 0 radical (unpaired) electrons. The molecule has 0 unspecified atom stereocenters. The number of nitrogens with one attached hydrogen (secondary N) is 1. The van der Waals surface area contributed by atoms with Crippen molar-refractivity contribution in [3.8, 4) is 0 Å². The number of aryl methyl sites for hydroxylation is 1. The van der Waals surface area contributed by atoms with Crippen LogP contribution >= 0.6 is 0 Å². The van der Waals surface area contributed by atoms with Crippen LogP contribution in [-0.2, 0) is 4.79 Å². The second kappa shape index (κ2) is 6.96. The molecule has 2 heterocycles. The number of carbonyl (C=O) groups excluding carboxylic acids is 2. The van der Waals surface area contributed by atoms with Crippen LogP contribution in [0.15, 0.2) is 30.5 Å². The number of benzene rings is 1. The number of aromatic nitrogens is 2. The van der Waals surface area contributed by atoms with Gasteiger partial charge in [-0.05, 0) is 44.0 Å². The summed E-state index contributed by atoms with van der Waals surface area (Å²) < 4.78 is 12.9. The van der Waals surface area contributed by atoms with E-state index in [9.17, 15) is 14.0 Å². The van der Waals surface area contributed by atoms with E-state index in [1.54, 1.807) is 11.8 Å². The minimum absolute atomic E-state index is 0.00174. The van der Waals surface area contributed by atoms with E-state index >= 15 is 0 Å². The molecular formula is C18H19FN4O2. The van der Waals surface area contributed by atoms with Crippen molar-refractivity contribution in [2.75, 3.05) is 11.9 Å². The Morgan fingerprint density at radius 1 is 1.28 bits per heavy atom. The number of anilines is 1. The predicted octanol–water partition coefficient (Wildman–Crippen LogP) is 2.86. The fraction of sp³-hybridized carbons (Fsp3) is 0.333. The molecule has 1 N–H and O–H groups in total. The van der Waals surface area contributed by atoms with Gasteiger partial charge in [-0.1, -0.05) is 0 Å². The number of hydrogen-bond donors (Lipinski definition) is 1. The van der Waals surface area contributed by atoms with Crippen molar-refractivity contribution in [3.63, 3.8) is 0 Å². The van der Waals surface area contributed by atoms with Crippen molar-refractivity contribution >= 4 is 17.5 Å². The quantitative estimate of drug-likeness (QED) is 0.931. The molecule has 1 aliphatic rings. The summed E-state index contributed by atoms with van der Waals surface area (Å²) in [5, 5.41) is 2.69. The molecule has 7 heteroatoms. The summed E-state index contributed by atoms with van der Waals surface area (Å²) in [4.78, 5) is 34.6. The zero-order chi connectivity index (χ0) is 18.0. The SMILES string of the molecule is CC(=O)N1CCC[C@H]1c1ncc(C(=O)Nc2ccc(F)cc2)c(C)n1. The molecule has 1 aliphatic heterocycles. The largest absolute Gasteiger partial charge is 0.333 e. The second-order valence-corrected chi connectivity index (χ2v) is 6.06. The summed E-state index contributed by atoms with van der Waals surface area (Å²) in [7, 11) is 0. The minimum atomic E-state index is -0.367. The van der Waals surface area contributed by atoms with Crippen LogP contribution < -0.4 is 5.32 Å². The van der Waals surface area contributed by atoms with E-state index in [0.29, 0.717) is 29.3 Å². The minimum Gasteiger partial charge on any atom is -0.333 e. The third kappa shape index (κ3) is 3.65.